The number of nitrogens with zero attached hydrogens (tertiary/aromatic N) is 1. The SMILES string of the molecule is Cc1cc2c(cc1N(C)C1CCCC1N)OCO2. The summed E-state index contributed by atoms with van der Waals surface area (Å²) >= 11 is 0. The molecule has 4 nitrogen and oxygen atoms in total. The van der Waals surface area contributed by atoms with Crippen molar-refractivity contribution in [3.05, 3.63) is 17.7 Å². The van der Waals surface area contributed by atoms with Crippen LogP contribution in [0.25, 0.3) is 0 Å². The molecule has 0 aromatic heterocycles. The second-order valence-corrected chi connectivity index (χ2v) is 5.26. The number of benzene rings is 1. The zero-order valence-electron chi connectivity index (χ0n) is 11.0. The normalized spacial score (nSPS) is 25.5. The largest absolute Gasteiger partial charge is 0.454 e. The van der Waals surface area contributed by atoms with E-state index in [2.05, 4.69) is 31.0 Å². The van der Waals surface area contributed by atoms with Crippen LogP contribution in [0.15, 0.2) is 12.1 Å². The minimum Gasteiger partial charge on any atom is -0.454 e. The van der Waals surface area contributed by atoms with Gasteiger partial charge in [0, 0.05) is 30.9 Å². The van der Waals surface area contributed by atoms with E-state index < -0.39 is 0 Å². The molecule has 1 fully saturated rings. The molecule has 4 heteroatoms. The number of nitrogens with two attached hydrogens (primary N) is 1. The van der Waals surface area contributed by atoms with E-state index in [0.717, 1.165) is 17.9 Å². The predicted molar refractivity (Wildman–Crippen MR) is 71.3 cm³/mol. The summed E-state index contributed by atoms with van der Waals surface area (Å²) in [4.78, 5) is 2.30. The van der Waals surface area contributed by atoms with Gasteiger partial charge in [0.1, 0.15) is 0 Å². The Morgan fingerprint density at radius 2 is 1.94 bits per heavy atom. The summed E-state index contributed by atoms with van der Waals surface area (Å²) in [5, 5.41) is 0. The number of hydrogen-bond acceptors (Lipinski definition) is 4. The molecule has 1 aromatic rings. The molecule has 1 aromatic carbocycles. The minimum atomic E-state index is 0.278. The van der Waals surface area contributed by atoms with E-state index in [4.69, 9.17) is 15.2 Å². The van der Waals surface area contributed by atoms with Crippen LogP contribution in [0.4, 0.5) is 5.69 Å². The van der Waals surface area contributed by atoms with Gasteiger partial charge in [-0.05, 0) is 37.8 Å². The van der Waals surface area contributed by atoms with Gasteiger partial charge in [-0.15, -0.1) is 0 Å². The first-order valence-electron chi connectivity index (χ1n) is 6.55. The first-order chi connectivity index (χ1) is 8.66. The molecule has 2 N–H and O–H groups in total. The maximum absolute atomic E-state index is 6.18. The highest BCUT2D eigenvalue weighted by Crippen LogP contribution is 2.39. The lowest BCUT2D eigenvalue weighted by atomic mass is 10.1. The van der Waals surface area contributed by atoms with Crippen LogP contribution < -0.4 is 20.1 Å². The molecule has 98 valence electrons. The average Bonchev–Trinajstić information content (AvgIpc) is 2.95. The Kier molecular flexibility index (Phi) is 2.82. The number of fused-ring (bicyclic) bond motifs is 1. The van der Waals surface area contributed by atoms with E-state index in [1.54, 1.807) is 0 Å². The number of rotatable bonds is 2. The van der Waals surface area contributed by atoms with Crippen molar-refractivity contribution in [3.8, 4) is 11.5 Å². The molecule has 2 aliphatic rings. The molecule has 0 amide bonds. The molecule has 0 spiro atoms. The van der Waals surface area contributed by atoms with Crippen LogP contribution in [0.5, 0.6) is 11.5 Å². The van der Waals surface area contributed by atoms with Crippen molar-refractivity contribution >= 4 is 5.69 Å². The van der Waals surface area contributed by atoms with E-state index in [1.165, 1.54) is 24.1 Å². The molecule has 0 radical (unpaired) electrons. The molecule has 1 aliphatic carbocycles. The van der Waals surface area contributed by atoms with Crippen molar-refractivity contribution in [2.24, 2.45) is 5.73 Å². The van der Waals surface area contributed by atoms with E-state index in [9.17, 15) is 0 Å². The lowest BCUT2D eigenvalue weighted by Crippen LogP contribution is -2.42. The summed E-state index contributed by atoms with van der Waals surface area (Å²) in [6, 6.07) is 4.83. The van der Waals surface area contributed by atoms with Gasteiger partial charge < -0.3 is 20.1 Å². The number of aryl methyl sites for hydroxylation is 1. The van der Waals surface area contributed by atoms with Crippen LogP contribution in [0.1, 0.15) is 24.8 Å². The van der Waals surface area contributed by atoms with Crippen molar-refractivity contribution in [3.63, 3.8) is 0 Å². The van der Waals surface area contributed by atoms with Gasteiger partial charge >= 0.3 is 0 Å². The van der Waals surface area contributed by atoms with Crippen LogP contribution in [-0.4, -0.2) is 25.9 Å². The van der Waals surface area contributed by atoms with Gasteiger partial charge in [0.25, 0.3) is 0 Å². The monoisotopic (exact) mass is 248 g/mol. The average molecular weight is 248 g/mol. The van der Waals surface area contributed by atoms with Gasteiger partial charge in [-0.1, -0.05) is 0 Å². The van der Waals surface area contributed by atoms with Crippen molar-refractivity contribution in [1.82, 2.24) is 0 Å². The molecular formula is C14H20N2O2. The van der Waals surface area contributed by atoms with Crippen LogP contribution in [0, 0.1) is 6.92 Å². The van der Waals surface area contributed by atoms with Gasteiger partial charge in [0.2, 0.25) is 6.79 Å². The van der Waals surface area contributed by atoms with Crippen molar-refractivity contribution < 1.29 is 9.47 Å². The predicted octanol–water partition coefficient (Wildman–Crippen LogP) is 2.04. The van der Waals surface area contributed by atoms with Gasteiger partial charge in [-0.2, -0.15) is 0 Å². The summed E-state index contributed by atoms with van der Waals surface area (Å²) < 4.78 is 10.8. The first-order valence-corrected chi connectivity index (χ1v) is 6.55. The summed E-state index contributed by atoms with van der Waals surface area (Å²) in [7, 11) is 2.13. The van der Waals surface area contributed by atoms with Crippen molar-refractivity contribution in [2.75, 3.05) is 18.7 Å². The Morgan fingerprint density at radius 1 is 1.22 bits per heavy atom. The van der Waals surface area contributed by atoms with Gasteiger partial charge in [-0.3, -0.25) is 0 Å². The lowest BCUT2D eigenvalue weighted by Gasteiger charge is -2.31. The molecule has 0 saturated heterocycles. The second-order valence-electron chi connectivity index (χ2n) is 5.26. The molecule has 3 rings (SSSR count). The highest BCUT2D eigenvalue weighted by atomic mass is 16.7. The number of anilines is 1. The first kappa shape index (κ1) is 11.7. The summed E-state index contributed by atoms with van der Waals surface area (Å²) in [6.45, 7) is 2.43. The summed E-state index contributed by atoms with van der Waals surface area (Å²) in [6.07, 6.45) is 3.52. The smallest absolute Gasteiger partial charge is 0.231 e. The lowest BCUT2D eigenvalue weighted by molar-refractivity contribution is 0.174. The van der Waals surface area contributed by atoms with Gasteiger partial charge in [0.15, 0.2) is 11.5 Å². The fourth-order valence-electron chi connectivity index (χ4n) is 3.04. The number of hydrogen-bond donors (Lipinski definition) is 1. The Hall–Kier alpha value is -1.42. The Bertz CT molecular complexity index is 461. The third kappa shape index (κ3) is 1.81. The zero-order valence-corrected chi connectivity index (χ0v) is 11.0. The summed E-state index contributed by atoms with van der Waals surface area (Å²) in [5.41, 5.74) is 8.59. The maximum Gasteiger partial charge on any atom is 0.231 e. The number of ether oxygens (including phenoxy) is 2. The van der Waals surface area contributed by atoms with Crippen molar-refractivity contribution in [1.29, 1.82) is 0 Å². The van der Waals surface area contributed by atoms with Gasteiger partial charge in [0.05, 0.1) is 0 Å². The molecule has 2 atom stereocenters. The molecule has 2 unspecified atom stereocenters. The quantitative estimate of drug-likeness (QED) is 0.870. The Morgan fingerprint density at radius 3 is 2.61 bits per heavy atom. The van der Waals surface area contributed by atoms with E-state index in [0.29, 0.717) is 12.8 Å². The van der Waals surface area contributed by atoms with Crippen LogP contribution in [-0.2, 0) is 0 Å². The van der Waals surface area contributed by atoms with Crippen molar-refractivity contribution in [2.45, 2.75) is 38.3 Å². The van der Waals surface area contributed by atoms with Gasteiger partial charge in [-0.25, -0.2) is 0 Å². The second kappa shape index (κ2) is 4.35. The molecule has 1 saturated carbocycles. The standard InChI is InChI=1S/C14H20N2O2/c1-9-6-13-14(18-8-17-13)7-12(9)16(2)11-5-3-4-10(11)15/h6-7,10-11H,3-5,8,15H2,1-2H3. The topological polar surface area (TPSA) is 47.7 Å². The number of likely N-dealkylation sites (N-methyl/N-ethyl adjacent to an activating group) is 1. The highest BCUT2D eigenvalue weighted by Gasteiger charge is 2.29. The minimum absolute atomic E-state index is 0.278. The third-order valence-corrected chi connectivity index (χ3v) is 4.10. The fourth-order valence-corrected chi connectivity index (χ4v) is 3.04. The molecular weight excluding hydrogens is 228 g/mol. The highest BCUT2D eigenvalue weighted by molar-refractivity contribution is 5.62. The van der Waals surface area contributed by atoms with E-state index in [1.807, 2.05) is 0 Å². The molecule has 1 heterocycles. The maximum atomic E-state index is 6.18. The molecule has 0 bridgehead atoms. The Balaban J connectivity index is 1.91. The van der Waals surface area contributed by atoms with E-state index in [-0.39, 0.29) is 6.04 Å². The molecule has 1 aliphatic heterocycles. The van der Waals surface area contributed by atoms with E-state index >= 15 is 0 Å². The Labute approximate surface area is 108 Å². The zero-order chi connectivity index (χ0) is 12.7. The fraction of sp³-hybridized carbons (Fsp3) is 0.571. The van der Waals surface area contributed by atoms with Crippen LogP contribution in [0.2, 0.25) is 0 Å². The molecule has 18 heavy (non-hydrogen) atoms. The van der Waals surface area contributed by atoms with Crippen LogP contribution >= 0.6 is 0 Å². The summed E-state index contributed by atoms with van der Waals surface area (Å²) in [5.74, 6) is 1.69. The van der Waals surface area contributed by atoms with Crippen LogP contribution in [0.3, 0.4) is 0 Å². The third-order valence-electron chi connectivity index (χ3n) is 4.10.